The van der Waals surface area contributed by atoms with Crippen molar-refractivity contribution in [3.05, 3.63) is 23.8 Å². The van der Waals surface area contributed by atoms with Crippen LogP contribution in [0.25, 0.3) is 0 Å². The predicted octanol–water partition coefficient (Wildman–Crippen LogP) is 4.33. The van der Waals surface area contributed by atoms with Crippen LogP contribution in [0.1, 0.15) is 36.6 Å². The molecule has 1 saturated carbocycles. The molecule has 1 aromatic rings. The lowest BCUT2D eigenvalue weighted by molar-refractivity contribution is 0.297. The summed E-state index contributed by atoms with van der Waals surface area (Å²) in [7, 11) is 0. The number of ether oxygens (including phenoxy) is 2. The Labute approximate surface area is 117 Å². The molecule has 2 atom stereocenters. The molecule has 2 aliphatic rings. The van der Waals surface area contributed by atoms with Gasteiger partial charge >= 0.3 is 0 Å². The molecule has 1 aliphatic heterocycles. The molecule has 1 heterocycles. The second kappa shape index (κ2) is 5.12. The molecule has 18 heavy (non-hydrogen) atoms. The third kappa shape index (κ3) is 2.51. The van der Waals surface area contributed by atoms with Crippen LogP contribution < -0.4 is 9.47 Å². The Hall–Kier alpha value is -0.700. The molecule has 0 aromatic heterocycles. The highest BCUT2D eigenvalue weighted by molar-refractivity contribution is 9.09. The first-order valence-electron chi connectivity index (χ1n) is 6.79. The SMILES string of the molecule is CC(C1CC1)C(Br)c1ccc2c(c1)OCCCO2. The topological polar surface area (TPSA) is 18.5 Å². The van der Waals surface area contributed by atoms with E-state index in [2.05, 4.69) is 35.0 Å². The van der Waals surface area contributed by atoms with Gasteiger partial charge < -0.3 is 9.47 Å². The van der Waals surface area contributed by atoms with E-state index in [1.807, 2.05) is 6.07 Å². The Morgan fingerprint density at radius 2 is 1.89 bits per heavy atom. The van der Waals surface area contributed by atoms with Crippen molar-refractivity contribution < 1.29 is 9.47 Å². The third-order valence-corrected chi connectivity index (χ3v) is 5.28. The quantitative estimate of drug-likeness (QED) is 0.774. The molecular weight excluding hydrogens is 292 g/mol. The molecule has 2 unspecified atom stereocenters. The van der Waals surface area contributed by atoms with Gasteiger partial charge in [-0.1, -0.05) is 28.9 Å². The number of halogens is 1. The lowest BCUT2D eigenvalue weighted by Crippen LogP contribution is -2.06. The zero-order valence-electron chi connectivity index (χ0n) is 10.7. The zero-order chi connectivity index (χ0) is 12.5. The van der Waals surface area contributed by atoms with Crippen molar-refractivity contribution in [2.24, 2.45) is 11.8 Å². The van der Waals surface area contributed by atoms with Crippen LogP contribution in [-0.2, 0) is 0 Å². The average molecular weight is 311 g/mol. The molecule has 0 amide bonds. The van der Waals surface area contributed by atoms with Gasteiger partial charge in [-0.15, -0.1) is 0 Å². The smallest absolute Gasteiger partial charge is 0.161 e. The van der Waals surface area contributed by atoms with Crippen molar-refractivity contribution in [1.29, 1.82) is 0 Å². The molecule has 0 saturated heterocycles. The fraction of sp³-hybridized carbons (Fsp3) is 0.600. The summed E-state index contributed by atoms with van der Waals surface area (Å²) >= 11 is 3.84. The highest BCUT2D eigenvalue weighted by atomic mass is 79.9. The fourth-order valence-corrected chi connectivity index (χ4v) is 3.23. The van der Waals surface area contributed by atoms with Gasteiger partial charge in [-0.05, 0) is 42.4 Å². The fourth-order valence-electron chi connectivity index (χ4n) is 2.52. The number of rotatable bonds is 3. The standard InChI is InChI=1S/C15H19BrO2/c1-10(11-3-4-11)15(16)12-5-6-13-14(9-12)18-8-2-7-17-13/h5-6,9-11,15H,2-4,7-8H2,1H3. The molecule has 2 nitrogen and oxygen atoms in total. The van der Waals surface area contributed by atoms with Gasteiger partial charge in [-0.2, -0.15) is 0 Å². The molecule has 1 aromatic carbocycles. The zero-order valence-corrected chi connectivity index (χ0v) is 12.3. The highest BCUT2D eigenvalue weighted by Crippen LogP contribution is 2.47. The first kappa shape index (κ1) is 12.3. The molecule has 0 N–H and O–H groups in total. The van der Waals surface area contributed by atoms with Crippen LogP contribution in [0.4, 0.5) is 0 Å². The Bertz CT molecular complexity index is 429. The summed E-state index contributed by atoms with van der Waals surface area (Å²) in [5.74, 6) is 3.37. The van der Waals surface area contributed by atoms with Crippen molar-refractivity contribution in [3.63, 3.8) is 0 Å². The maximum atomic E-state index is 5.75. The van der Waals surface area contributed by atoms with Crippen LogP contribution in [0.3, 0.4) is 0 Å². The molecule has 1 aliphatic carbocycles. The number of hydrogen-bond acceptors (Lipinski definition) is 2. The minimum Gasteiger partial charge on any atom is -0.490 e. The van der Waals surface area contributed by atoms with Crippen LogP contribution in [-0.4, -0.2) is 13.2 Å². The first-order valence-corrected chi connectivity index (χ1v) is 7.71. The monoisotopic (exact) mass is 310 g/mol. The minimum atomic E-state index is 0.419. The number of hydrogen-bond donors (Lipinski definition) is 0. The van der Waals surface area contributed by atoms with Crippen molar-refractivity contribution in [2.75, 3.05) is 13.2 Å². The van der Waals surface area contributed by atoms with Crippen LogP contribution in [0.15, 0.2) is 18.2 Å². The van der Waals surface area contributed by atoms with Gasteiger partial charge in [0.2, 0.25) is 0 Å². The van der Waals surface area contributed by atoms with Gasteiger partial charge in [0.15, 0.2) is 11.5 Å². The van der Waals surface area contributed by atoms with Gasteiger partial charge in [0, 0.05) is 11.2 Å². The average Bonchev–Trinajstić information content (AvgIpc) is 3.22. The van der Waals surface area contributed by atoms with E-state index in [0.29, 0.717) is 10.7 Å². The van der Waals surface area contributed by atoms with Gasteiger partial charge in [-0.25, -0.2) is 0 Å². The lowest BCUT2D eigenvalue weighted by Gasteiger charge is -2.19. The summed E-state index contributed by atoms with van der Waals surface area (Å²) < 4.78 is 11.4. The summed E-state index contributed by atoms with van der Waals surface area (Å²) in [6, 6.07) is 6.34. The molecule has 3 rings (SSSR count). The van der Waals surface area contributed by atoms with Crippen LogP contribution in [0, 0.1) is 11.8 Å². The Morgan fingerprint density at radius 1 is 1.17 bits per heavy atom. The summed E-state index contributed by atoms with van der Waals surface area (Å²) in [5.41, 5.74) is 1.30. The Balaban J connectivity index is 1.81. The summed E-state index contributed by atoms with van der Waals surface area (Å²) in [4.78, 5) is 0.419. The normalized spacial score (nSPS) is 22.1. The minimum absolute atomic E-state index is 0.419. The molecule has 3 heteroatoms. The first-order chi connectivity index (χ1) is 8.75. The maximum Gasteiger partial charge on any atom is 0.161 e. The van der Waals surface area contributed by atoms with Gasteiger partial charge in [0.05, 0.1) is 13.2 Å². The van der Waals surface area contributed by atoms with E-state index in [1.54, 1.807) is 0 Å². The number of alkyl halides is 1. The largest absolute Gasteiger partial charge is 0.490 e. The van der Waals surface area contributed by atoms with Gasteiger partial charge in [-0.3, -0.25) is 0 Å². The second-order valence-electron chi connectivity index (χ2n) is 5.35. The van der Waals surface area contributed by atoms with Crippen LogP contribution >= 0.6 is 15.9 Å². The molecule has 98 valence electrons. The van der Waals surface area contributed by atoms with E-state index in [0.717, 1.165) is 37.1 Å². The van der Waals surface area contributed by atoms with Crippen LogP contribution in [0.2, 0.25) is 0 Å². The van der Waals surface area contributed by atoms with E-state index < -0.39 is 0 Å². The highest BCUT2D eigenvalue weighted by Gasteiger charge is 2.33. The summed E-state index contributed by atoms with van der Waals surface area (Å²) in [5, 5.41) is 0. The van der Waals surface area contributed by atoms with E-state index in [1.165, 1.54) is 18.4 Å². The Kier molecular flexibility index (Phi) is 3.51. The van der Waals surface area contributed by atoms with E-state index in [-0.39, 0.29) is 0 Å². The maximum absolute atomic E-state index is 5.75. The second-order valence-corrected chi connectivity index (χ2v) is 6.34. The Morgan fingerprint density at radius 3 is 2.61 bits per heavy atom. The van der Waals surface area contributed by atoms with Gasteiger partial charge in [0.1, 0.15) is 0 Å². The summed E-state index contributed by atoms with van der Waals surface area (Å²) in [6.07, 6.45) is 3.72. The van der Waals surface area contributed by atoms with E-state index in [9.17, 15) is 0 Å². The van der Waals surface area contributed by atoms with Crippen molar-refractivity contribution in [3.8, 4) is 11.5 Å². The lowest BCUT2D eigenvalue weighted by atomic mass is 9.96. The number of fused-ring (bicyclic) bond motifs is 1. The molecular formula is C15H19BrO2. The molecule has 0 radical (unpaired) electrons. The van der Waals surface area contributed by atoms with Crippen LogP contribution in [0.5, 0.6) is 11.5 Å². The van der Waals surface area contributed by atoms with Crippen molar-refractivity contribution in [1.82, 2.24) is 0 Å². The number of benzene rings is 1. The van der Waals surface area contributed by atoms with Crippen molar-refractivity contribution >= 4 is 15.9 Å². The molecule has 0 bridgehead atoms. The van der Waals surface area contributed by atoms with Crippen molar-refractivity contribution in [2.45, 2.75) is 31.0 Å². The summed E-state index contributed by atoms with van der Waals surface area (Å²) in [6.45, 7) is 3.84. The molecule has 1 fully saturated rings. The third-order valence-electron chi connectivity index (χ3n) is 3.92. The van der Waals surface area contributed by atoms with E-state index in [4.69, 9.17) is 9.47 Å². The molecule has 0 spiro atoms. The van der Waals surface area contributed by atoms with E-state index >= 15 is 0 Å². The predicted molar refractivity (Wildman–Crippen MR) is 75.6 cm³/mol. The van der Waals surface area contributed by atoms with Gasteiger partial charge in [0.25, 0.3) is 0 Å².